The Hall–Kier alpha value is -0.870. The predicted molar refractivity (Wildman–Crippen MR) is 58.7 cm³/mol. The van der Waals surface area contributed by atoms with Gasteiger partial charge in [0.05, 0.1) is 19.4 Å². The number of nitrogens with zero attached hydrogens (tertiary/aromatic N) is 2. The van der Waals surface area contributed by atoms with E-state index in [0.717, 1.165) is 38.6 Å². The van der Waals surface area contributed by atoms with Gasteiger partial charge in [-0.2, -0.15) is 5.10 Å². The second-order valence-corrected chi connectivity index (χ2v) is 4.21. The molecule has 1 atom stereocenters. The summed E-state index contributed by atoms with van der Waals surface area (Å²) < 4.78 is 7.48. The van der Waals surface area contributed by atoms with Crippen molar-refractivity contribution in [3.05, 3.63) is 18.0 Å². The normalized spacial score (nSPS) is 21.0. The minimum absolute atomic E-state index is 0.721. The van der Waals surface area contributed by atoms with Crippen molar-refractivity contribution < 1.29 is 4.74 Å². The molecule has 0 saturated carbocycles. The summed E-state index contributed by atoms with van der Waals surface area (Å²) in [4.78, 5) is 0. The molecule has 0 spiro atoms. The van der Waals surface area contributed by atoms with Crippen LogP contribution in [-0.2, 0) is 18.2 Å². The monoisotopic (exact) mass is 209 g/mol. The third kappa shape index (κ3) is 3.32. The van der Waals surface area contributed by atoms with E-state index < -0.39 is 0 Å². The van der Waals surface area contributed by atoms with Gasteiger partial charge in [0, 0.05) is 19.8 Å². The Balaban J connectivity index is 1.58. The lowest BCUT2D eigenvalue weighted by atomic mass is 10.1. The van der Waals surface area contributed by atoms with Gasteiger partial charge in [-0.15, -0.1) is 0 Å². The summed E-state index contributed by atoms with van der Waals surface area (Å²) >= 11 is 0. The molecule has 2 heterocycles. The van der Waals surface area contributed by atoms with Crippen LogP contribution in [0.4, 0.5) is 0 Å². The van der Waals surface area contributed by atoms with Gasteiger partial charge in [0.25, 0.3) is 0 Å². The quantitative estimate of drug-likeness (QED) is 0.721. The molecule has 0 aliphatic carbocycles. The minimum atomic E-state index is 0.721. The van der Waals surface area contributed by atoms with Crippen molar-refractivity contribution in [3.63, 3.8) is 0 Å². The Labute approximate surface area is 90.6 Å². The summed E-state index contributed by atoms with van der Waals surface area (Å²) in [5.41, 5.74) is 1.25. The molecular formula is C11H19N3O. The summed E-state index contributed by atoms with van der Waals surface area (Å²) in [6, 6.07) is 0. The summed E-state index contributed by atoms with van der Waals surface area (Å²) in [6.45, 7) is 3.97. The highest BCUT2D eigenvalue weighted by atomic mass is 16.5. The van der Waals surface area contributed by atoms with Gasteiger partial charge in [0.1, 0.15) is 0 Å². The van der Waals surface area contributed by atoms with Crippen LogP contribution in [0.25, 0.3) is 0 Å². The Morgan fingerprint density at radius 1 is 1.67 bits per heavy atom. The molecule has 15 heavy (non-hydrogen) atoms. The lowest BCUT2D eigenvalue weighted by Gasteiger charge is -2.08. The maximum atomic E-state index is 5.65. The fourth-order valence-electron chi connectivity index (χ4n) is 1.90. The number of hydrogen-bond donors (Lipinski definition) is 1. The van der Waals surface area contributed by atoms with Crippen molar-refractivity contribution in [3.8, 4) is 0 Å². The van der Waals surface area contributed by atoms with Crippen LogP contribution in [-0.4, -0.2) is 36.1 Å². The topological polar surface area (TPSA) is 39.1 Å². The zero-order chi connectivity index (χ0) is 10.5. The van der Waals surface area contributed by atoms with E-state index in [4.69, 9.17) is 4.74 Å². The zero-order valence-corrected chi connectivity index (χ0v) is 9.28. The number of ether oxygens (including phenoxy) is 1. The Kier molecular flexibility index (Phi) is 3.75. The molecule has 2 rings (SSSR count). The van der Waals surface area contributed by atoms with Gasteiger partial charge < -0.3 is 10.1 Å². The third-order valence-corrected chi connectivity index (χ3v) is 2.81. The first-order valence-corrected chi connectivity index (χ1v) is 5.60. The largest absolute Gasteiger partial charge is 0.381 e. The second-order valence-electron chi connectivity index (χ2n) is 4.21. The number of hydrogen-bond acceptors (Lipinski definition) is 3. The lowest BCUT2D eigenvalue weighted by molar-refractivity contribution is 0.108. The Bertz CT molecular complexity index is 292. The molecular weight excluding hydrogens is 190 g/mol. The van der Waals surface area contributed by atoms with Crippen LogP contribution in [0.3, 0.4) is 0 Å². The van der Waals surface area contributed by atoms with Gasteiger partial charge in [-0.3, -0.25) is 4.68 Å². The van der Waals surface area contributed by atoms with Gasteiger partial charge in [-0.05, 0) is 30.9 Å². The number of aryl methyl sites for hydroxylation is 1. The van der Waals surface area contributed by atoms with E-state index in [1.165, 1.54) is 12.0 Å². The molecule has 1 unspecified atom stereocenters. The van der Waals surface area contributed by atoms with Crippen molar-refractivity contribution in [1.82, 2.24) is 15.1 Å². The van der Waals surface area contributed by atoms with E-state index in [9.17, 15) is 0 Å². The molecule has 0 radical (unpaired) electrons. The highest BCUT2D eigenvalue weighted by Crippen LogP contribution is 2.07. The van der Waals surface area contributed by atoms with E-state index in [-0.39, 0.29) is 0 Å². The van der Waals surface area contributed by atoms with Gasteiger partial charge in [-0.25, -0.2) is 0 Å². The molecule has 1 aromatic rings. The second kappa shape index (κ2) is 5.28. The maximum Gasteiger partial charge on any atom is 0.0522 e. The van der Waals surface area contributed by atoms with Gasteiger partial charge in [0.15, 0.2) is 0 Å². The molecule has 1 N–H and O–H groups in total. The van der Waals surface area contributed by atoms with Crippen molar-refractivity contribution >= 4 is 0 Å². The van der Waals surface area contributed by atoms with Gasteiger partial charge in [0.2, 0.25) is 0 Å². The smallest absolute Gasteiger partial charge is 0.0522 e. The maximum absolute atomic E-state index is 5.65. The fraction of sp³-hybridized carbons (Fsp3) is 0.727. The highest BCUT2D eigenvalue weighted by molar-refractivity contribution is 5.03. The minimum Gasteiger partial charge on any atom is -0.381 e. The van der Waals surface area contributed by atoms with E-state index in [1.54, 1.807) is 0 Å². The zero-order valence-electron chi connectivity index (χ0n) is 9.28. The van der Waals surface area contributed by atoms with Crippen LogP contribution in [0.1, 0.15) is 12.0 Å². The van der Waals surface area contributed by atoms with Crippen molar-refractivity contribution in [2.75, 3.05) is 26.3 Å². The van der Waals surface area contributed by atoms with Gasteiger partial charge in [-0.1, -0.05) is 0 Å². The highest BCUT2D eigenvalue weighted by Gasteiger charge is 2.13. The van der Waals surface area contributed by atoms with E-state index in [0.29, 0.717) is 0 Å². The first-order valence-electron chi connectivity index (χ1n) is 5.60. The number of nitrogens with one attached hydrogen (secondary N) is 1. The molecule has 0 amide bonds. The molecule has 1 aliphatic rings. The van der Waals surface area contributed by atoms with Crippen LogP contribution in [0.15, 0.2) is 12.4 Å². The van der Waals surface area contributed by atoms with Crippen LogP contribution in [0.5, 0.6) is 0 Å². The average Bonchev–Trinajstić information content (AvgIpc) is 2.84. The van der Waals surface area contributed by atoms with Crippen LogP contribution >= 0.6 is 0 Å². The molecule has 84 valence electrons. The summed E-state index contributed by atoms with van der Waals surface area (Å²) in [5, 5.41) is 7.46. The van der Waals surface area contributed by atoms with Crippen LogP contribution in [0, 0.1) is 5.92 Å². The molecule has 1 saturated heterocycles. The summed E-state index contributed by atoms with van der Waals surface area (Å²) in [6.07, 6.45) is 6.17. The first-order chi connectivity index (χ1) is 7.34. The van der Waals surface area contributed by atoms with Crippen molar-refractivity contribution in [2.24, 2.45) is 13.0 Å². The summed E-state index contributed by atoms with van der Waals surface area (Å²) in [7, 11) is 1.94. The Morgan fingerprint density at radius 3 is 3.27 bits per heavy atom. The van der Waals surface area contributed by atoms with E-state index in [2.05, 4.69) is 10.4 Å². The lowest BCUT2D eigenvalue weighted by Crippen LogP contribution is -2.14. The SMILES string of the molecule is Cn1cc(CCOCC2CCNC2)cn1. The molecule has 4 nitrogen and oxygen atoms in total. The molecule has 1 aromatic heterocycles. The van der Waals surface area contributed by atoms with Crippen molar-refractivity contribution in [2.45, 2.75) is 12.8 Å². The number of aromatic nitrogens is 2. The summed E-state index contributed by atoms with van der Waals surface area (Å²) in [5.74, 6) is 0.721. The standard InChI is InChI=1S/C11H19N3O/c1-14-8-10(7-13-14)3-5-15-9-11-2-4-12-6-11/h7-8,11-12H,2-6,9H2,1H3. The average molecular weight is 209 g/mol. The molecule has 0 bridgehead atoms. The first kappa shape index (κ1) is 10.6. The van der Waals surface area contributed by atoms with Crippen LogP contribution < -0.4 is 5.32 Å². The third-order valence-electron chi connectivity index (χ3n) is 2.81. The van der Waals surface area contributed by atoms with Gasteiger partial charge >= 0.3 is 0 Å². The molecule has 1 fully saturated rings. The van der Waals surface area contributed by atoms with E-state index in [1.807, 2.05) is 24.1 Å². The fourth-order valence-corrected chi connectivity index (χ4v) is 1.90. The molecule has 1 aliphatic heterocycles. The Morgan fingerprint density at radius 2 is 2.60 bits per heavy atom. The van der Waals surface area contributed by atoms with E-state index >= 15 is 0 Å². The predicted octanol–water partition coefficient (Wildman–Crippen LogP) is 0.589. The molecule has 0 aromatic carbocycles. The number of rotatable bonds is 5. The van der Waals surface area contributed by atoms with Crippen LogP contribution in [0.2, 0.25) is 0 Å². The molecule has 4 heteroatoms. The van der Waals surface area contributed by atoms with Crippen molar-refractivity contribution in [1.29, 1.82) is 0 Å².